The maximum absolute atomic E-state index is 14.1. The molecule has 0 bridgehead atoms. The average Bonchev–Trinajstić information content (AvgIpc) is 3.64. The molecular weight excluding hydrogens is 775 g/mol. The first kappa shape index (κ1) is 41.1. The van der Waals surface area contributed by atoms with Gasteiger partial charge in [0.05, 0.1) is 0 Å². The number of rotatable bonds is 15. The van der Waals surface area contributed by atoms with Crippen molar-refractivity contribution in [3.05, 3.63) is 108 Å². The second-order valence-corrected chi connectivity index (χ2v) is 16.5. The summed E-state index contributed by atoms with van der Waals surface area (Å²) in [5.41, 5.74) is 2.49. The second-order valence-electron chi connectivity index (χ2n) is 14.5. The van der Waals surface area contributed by atoms with Gasteiger partial charge in [-0.3, -0.25) is 23.7 Å². The fourth-order valence-electron chi connectivity index (χ4n) is 6.23. The van der Waals surface area contributed by atoms with E-state index in [4.69, 9.17) is 14.3 Å². The number of nitrogens with one attached hydrogen (secondary N) is 3. The van der Waals surface area contributed by atoms with Gasteiger partial charge < -0.3 is 35.0 Å². The highest BCUT2D eigenvalue weighted by Crippen LogP contribution is 2.44. The Morgan fingerprint density at radius 2 is 1.67 bits per heavy atom. The Kier molecular flexibility index (Phi) is 12.7. The summed E-state index contributed by atoms with van der Waals surface area (Å²) in [5.74, 6) is -2.10. The van der Waals surface area contributed by atoms with Gasteiger partial charge in [-0.2, -0.15) is 0 Å². The first-order chi connectivity index (χ1) is 27.2. The van der Waals surface area contributed by atoms with Crippen LogP contribution < -0.4 is 20.9 Å². The number of amides is 3. The van der Waals surface area contributed by atoms with E-state index >= 15 is 0 Å². The first-order valence-corrected chi connectivity index (χ1v) is 20.0. The number of fused-ring (bicyclic) bond motifs is 1. The molecule has 3 unspecified atom stereocenters. The minimum absolute atomic E-state index is 0.0424. The van der Waals surface area contributed by atoms with Gasteiger partial charge in [-0.05, 0) is 49.6 Å². The number of hydroxylamine groups is 1. The third kappa shape index (κ3) is 10.1. The Morgan fingerprint density at radius 3 is 2.30 bits per heavy atom. The van der Waals surface area contributed by atoms with E-state index in [0.29, 0.717) is 16.5 Å². The van der Waals surface area contributed by atoms with Gasteiger partial charge in [0, 0.05) is 25.0 Å². The second kappa shape index (κ2) is 17.7. The molecule has 3 aromatic carbocycles. The van der Waals surface area contributed by atoms with Crippen LogP contribution in [0.2, 0.25) is 0 Å². The Bertz CT molecular complexity index is 2040. The normalized spacial score (nSPS) is 19.5. The molecule has 1 aromatic heterocycles. The molecule has 4 aromatic rings. The lowest BCUT2D eigenvalue weighted by Gasteiger charge is -2.53. The highest BCUT2D eigenvalue weighted by atomic mass is 32.2. The van der Waals surface area contributed by atoms with Gasteiger partial charge in [0.25, 0.3) is 0 Å². The Labute approximate surface area is 337 Å². The summed E-state index contributed by atoms with van der Waals surface area (Å²) >= 11 is 2.39. The molecule has 4 N–H and O–H groups in total. The van der Waals surface area contributed by atoms with Crippen molar-refractivity contribution in [1.82, 2.24) is 35.8 Å². The fourth-order valence-corrected chi connectivity index (χ4v) is 9.00. The number of benzene rings is 3. The summed E-state index contributed by atoms with van der Waals surface area (Å²) in [5, 5.41) is 23.6. The number of aromatic nitrogens is 3. The summed E-state index contributed by atoms with van der Waals surface area (Å²) in [6, 6.07) is 23.9. The number of alkyl carbamates (subject to hydrolysis) is 1. The zero-order valence-corrected chi connectivity index (χ0v) is 33.2. The van der Waals surface area contributed by atoms with Crippen LogP contribution in [0.5, 0.6) is 5.75 Å². The van der Waals surface area contributed by atoms with Crippen LogP contribution in [0.1, 0.15) is 56.5 Å². The number of hydrogen-bond donors (Lipinski definition) is 4. The third-order valence-electron chi connectivity index (χ3n) is 8.98. The van der Waals surface area contributed by atoms with Gasteiger partial charge in [-0.15, -0.1) is 27.4 Å². The van der Waals surface area contributed by atoms with Gasteiger partial charge in [0.15, 0.2) is 5.16 Å². The van der Waals surface area contributed by atoms with Gasteiger partial charge >= 0.3 is 18.0 Å². The summed E-state index contributed by atoms with van der Waals surface area (Å²) in [6.45, 7) is 6.30. The van der Waals surface area contributed by atoms with Crippen molar-refractivity contribution < 1.29 is 43.4 Å². The molecule has 300 valence electrons. The lowest BCUT2D eigenvalue weighted by atomic mass is 9.89. The van der Waals surface area contributed by atoms with E-state index in [1.165, 1.54) is 29.9 Å². The van der Waals surface area contributed by atoms with Crippen LogP contribution in [0, 0.1) is 5.41 Å². The average molecular weight is 818 g/mol. The molecule has 3 heterocycles. The van der Waals surface area contributed by atoms with E-state index in [1.807, 2.05) is 60.7 Å². The molecule has 57 heavy (non-hydrogen) atoms. The summed E-state index contributed by atoms with van der Waals surface area (Å²) < 4.78 is 13.6. The van der Waals surface area contributed by atoms with Gasteiger partial charge in [0.2, 0.25) is 11.8 Å². The molecule has 2 fully saturated rings. The molecule has 6 rings (SSSR count). The zero-order chi connectivity index (χ0) is 40.7. The molecular formula is C39H43N7O9S2. The number of β-lactam (4-membered cyclic amide) rings is 1. The molecule has 16 nitrogen and oxygen atoms in total. The summed E-state index contributed by atoms with van der Waals surface area (Å²) in [4.78, 5) is 70.8. The number of carboxylic acids is 1. The van der Waals surface area contributed by atoms with Gasteiger partial charge in [-0.25, -0.2) is 4.79 Å². The van der Waals surface area contributed by atoms with Crippen LogP contribution in [-0.4, -0.2) is 89.7 Å². The predicted octanol–water partition coefficient (Wildman–Crippen LogP) is 4.30. The smallest absolute Gasteiger partial charge is 0.408 e. The lowest BCUT2D eigenvalue weighted by molar-refractivity contribution is -0.158. The third-order valence-corrected chi connectivity index (χ3v) is 11.8. The van der Waals surface area contributed by atoms with E-state index < -0.39 is 64.4 Å². The molecule has 2 saturated heterocycles. The topological polar surface area (TPSA) is 203 Å². The Morgan fingerprint density at radius 1 is 1.00 bits per heavy atom. The standard InChI is InChI=1S/C39H43N7O9S2/c1-24(47)55-41-23-45-22-40-44-36(45)57-21-39(35(50)51)19-46-33(49)30(34(46)56-20-39)42-32(48)29(43-37(52)54-38(2,3)4)27-16-11-17-28(18-27)53-31(25-12-7-5-8-13-25)26-14-9-6-10-15-26/h5-18,22,29-31,34,41H,19-21,23H2,1-4H3,(H,42,48)(H,43,52)(H,50,51)/t29?,30?,34-,39?/m1/s1. The quantitative estimate of drug-likeness (QED) is 0.0751. The van der Waals surface area contributed by atoms with Crippen LogP contribution in [0.4, 0.5) is 4.79 Å². The predicted molar refractivity (Wildman–Crippen MR) is 210 cm³/mol. The van der Waals surface area contributed by atoms with Crippen molar-refractivity contribution in [2.45, 2.75) is 68.7 Å². The van der Waals surface area contributed by atoms with Crippen LogP contribution in [-0.2, 0) is 35.4 Å². The number of nitrogens with zero attached hydrogens (tertiary/aromatic N) is 4. The number of ether oxygens (including phenoxy) is 2. The monoisotopic (exact) mass is 817 g/mol. The zero-order valence-electron chi connectivity index (χ0n) is 31.6. The van der Waals surface area contributed by atoms with Crippen molar-refractivity contribution >= 4 is 53.4 Å². The molecule has 0 spiro atoms. The fraction of sp³-hybridized carbons (Fsp3) is 0.359. The largest absolute Gasteiger partial charge is 0.481 e. The SMILES string of the molecule is CC(=O)ONCn1cnnc1SCC1(C(=O)O)CS[C@@H]2C(NC(=O)C(NC(=O)OC(C)(C)C)c3cccc(OC(c4ccccc4)c4ccccc4)c3)C(=O)N2C1. The van der Waals surface area contributed by atoms with E-state index in [2.05, 4.69) is 26.3 Å². The minimum Gasteiger partial charge on any atom is -0.481 e. The van der Waals surface area contributed by atoms with E-state index in [-0.39, 0.29) is 24.7 Å². The van der Waals surface area contributed by atoms with Crippen LogP contribution in [0.25, 0.3) is 0 Å². The minimum atomic E-state index is -1.34. The lowest BCUT2D eigenvalue weighted by Crippen LogP contribution is -2.74. The first-order valence-electron chi connectivity index (χ1n) is 18.0. The molecule has 3 amide bonds. The highest BCUT2D eigenvalue weighted by molar-refractivity contribution is 8.00. The molecule has 4 atom stereocenters. The number of carboxylic acid groups (broad SMARTS) is 1. The molecule has 0 aliphatic carbocycles. The number of aliphatic carboxylic acids is 1. The molecule has 18 heteroatoms. The van der Waals surface area contributed by atoms with Gasteiger partial charge in [-0.1, -0.05) is 84.6 Å². The number of thioether (sulfide) groups is 2. The number of hydrogen-bond acceptors (Lipinski definition) is 13. The molecule has 2 aliphatic heterocycles. The van der Waals surface area contributed by atoms with Crippen LogP contribution in [0.15, 0.2) is 96.4 Å². The number of carbonyl (C=O) groups excluding carboxylic acids is 4. The van der Waals surface area contributed by atoms with Crippen molar-refractivity contribution in [2.75, 3.05) is 18.1 Å². The maximum Gasteiger partial charge on any atom is 0.408 e. The Hall–Kier alpha value is -5.59. The summed E-state index contributed by atoms with van der Waals surface area (Å²) in [6.07, 6.45) is 0.0929. The van der Waals surface area contributed by atoms with Crippen molar-refractivity contribution in [3.63, 3.8) is 0 Å². The van der Waals surface area contributed by atoms with Crippen molar-refractivity contribution in [1.29, 1.82) is 0 Å². The van der Waals surface area contributed by atoms with Crippen LogP contribution in [0.3, 0.4) is 0 Å². The van der Waals surface area contributed by atoms with E-state index in [9.17, 15) is 29.1 Å². The van der Waals surface area contributed by atoms with Crippen molar-refractivity contribution in [3.8, 4) is 5.75 Å². The highest BCUT2D eigenvalue weighted by Gasteiger charge is 2.57. The van der Waals surface area contributed by atoms with Crippen LogP contribution >= 0.6 is 23.5 Å². The maximum atomic E-state index is 14.1. The molecule has 0 radical (unpaired) electrons. The van der Waals surface area contributed by atoms with E-state index in [1.54, 1.807) is 49.6 Å². The van der Waals surface area contributed by atoms with E-state index in [0.717, 1.165) is 22.9 Å². The Balaban J connectivity index is 1.17. The van der Waals surface area contributed by atoms with Crippen molar-refractivity contribution in [2.24, 2.45) is 5.41 Å². The number of carbonyl (C=O) groups is 5. The molecule has 0 saturated carbocycles. The summed E-state index contributed by atoms with van der Waals surface area (Å²) in [7, 11) is 0. The molecule has 2 aliphatic rings. The van der Waals surface area contributed by atoms with Gasteiger partial charge in [0.1, 0.15) is 53.3 Å².